The standard InChI is InChI=1S/C29H31Cl2NO5/c1-3-35-27(29(34)36-4-2)17-21-9-15-26(16-10-21)37-20-28(33)32(18-22-5-11-24(30)12-6-22)19-23-7-13-25(31)14-8-23/h5-16,27H,3-4,17-20H2,1-2H3/t27-/m0/s1. The van der Waals surface area contributed by atoms with Crippen molar-refractivity contribution in [2.75, 3.05) is 19.8 Å². The number of hydrogen-bond acceptors (Lipinski definition) is 5. The molecule has 1 atom stereocenters. The van der Waals surface area contributed by atoms with Gasteiger partial charge in [0.05, 0.1) is 6.61 Å². The summed E-state index contributed by atoms with van der Waals surface area (Å²) in [6.45, 7) is 5.02. The van der Waals surface area contributed by atoms with Crippen LogP contribution in [0.15, 0.2) is 72.8 Å². The third kappa shape index (κ3) is 9.39. The van der Waals surface area contributed by atoms with Crippen molar-refractivity contribution in [1.82, 2.24) is 4.90 Å². The molecule has 0 heterocycles. The van der Waals surface area contributed by atoms with E-state index in [0.717, 1.165) is 16.7 Å². The third-order valence-corrected chi connectivity index (χ3v) is 6.05. The number of esters is 1. The van der Waals surface area contributed by atoms with Gasteiger partial charge in [-0.3, -0.25) is 4.79 Å². The first-order chi connectivity index (χ1) is 17.9. The van der Waals surface area contributed by atoms with Gasteiger partial charge in [0.15, 0.2) is 12.7 Å². The molecular weight excluding hydrogens is 513 g/mol. The molecule has 0 saturated heterocycles. The second-order valence-electron chi connectivity index (χ2n) is 8.34. The molecule has 0 N–H and O–H groups in total. The second-order valence-corrected chi connectivity index (χ2v) is 9.21. The van der Waals surface area contributed by atoms with Crippen molar-refractivity contribution in [1.29, 1.82) is 0 Å². The Balaban J connectivity index is 1.63. The highest BCUT2D eigenvalue weighted by Gasteiger charge is 2.21. The predicted octanol–water partition coefficient (Wildman–Crippen LogP) is 6.11. The molecule has 0 unspecified atom stereocenters. The Kier molecular flexibility index (Phi) is 11.3. The summed E-state index contributed by atoms with van der Waals surface area (Å²) in [6, 6.07) is 22.1. The van der Waals surface area contributed by atoms with Gasteiger partial charge in [0, 0.05) is 36.2 Å². The van der Waals surface area contributed by atoms with Crippen molar-refractivity contribution >= 4 is 35.1 Å². The van der Waals surface area contributed by atoms with Crippen LogP contribution in [0.5, 0.6) is 5.75 Å². The van der Waals surface area contributed by atoms with Crippen LogP contribution in [0.4, 0.5) is 0 Å². The minimum atomic E-state index is -0.660. The molecule has 196 valence electrons. The Labute approximate surface area is 228 Å². The van der Waals surface area contributed by atoms with E-state index in [1.807, 2.05) is 43.3 Å². The average molecular weight is 544 g/mol. The number of ether oxygens (including phenoxy) is 3. The van der Waals surface area contributed by atoms with E-state index >= 15 is 0 Å². The van der Waals surface area contributed by atoms with Gasteiger partial charge >= 0.3 is 5.97 Å². The SMILES string of the molecule is CCOC(=O)[C@H](Cc1ccc(OCC(=O)N(Cc2ccc(Cl)cc2)Cc2ccc(Cl)cc2)cc1)OCC. The Morgan fingerprint density at radius 2 is 1.27 bits per heavy atom. The highest BCUT2D eigenvalue weighted by atomic mass is 35.5. The lowest BCUT2D eigenvalue weighted by Gasteiger charge is -2.23. The van der Waals surface area contributed by atoms with Gasteiger partial charge < -0.3 is 19.1 Å². The van der Waals surface area contributed by atoms with Gasteiger partial charge in [-0.2, -0.15) is 0 Å². The van der Waals surface area contributed by atoms with Crippen LogP contribution in [0.3, 0.4) is 0 Å². The van der Waals surface area contributed by atoms with Crippen LogP contribution in [-0.2, 0) is 38.6 Å². The summed E-state index contributed by atoms with van der Waals surface area (Å²) in [5.41, 5.74) is 2.82. The Morgan fingerprint density at radius 3 is 1.76 bits per heavy atom. The molecule has 0 aliphatic heterocycles. The van der Waals surface area contributed by atoms with Gasteiger partial charge in [-0.15, -0.1) is 0 Å². The molecule has 6 nitrogen and oxygen atoms in total. The summed E-state index contributed by atoms with van der Waals surface area (Å²) in [4.78, 5) is 27.0. The van der Waals surface area contributed by atoms with Crippen LogP contribution in [0.25, 0.3) is 0 Å². The topological polar surface area (TPSA) is 65.1 Å². The van der Waals surface area contributed by atoms with Gasteiger partial charge in [-0.1, -0.05) is 59.6 Å². The molecule has 37 heavy (non-hydrogen) atoms. The van der Waals surface area contributed by atoms with Crippen LogP contribution < -0.4 is 4.74 Å². The fraction of sp³-hybridized carbons (Fsp3) is 0.310. The number of rotatable bonds is 13. The molecule has 3 aromatic rings. The molecule has 1 amide bonds. The lowest BCUT2D eigenvalue weighted by molar-refractivity contribution is -0.156. The molecule has 8 heteroatoms. The molecule has 0 aliphatic carbocycles. The Bertz CT molecular complexity index is 1090. The van der Waals surface area contributed by atoms with Gasteiger partial charge in [0.1, 0.15) is 5.75 Å². The number of hydrogen-bond donors (Lipinski definition) is 0. The van der Waals surface area contributed by atoms with Crippen LogP contribution in [0, 0.1) is 0 Å². The zero-order valence-electron chi connectivity index (χ0n) is 21.0. The number of carbonyl (C=O) groups excluding carboxylic acids is 2. The smallest absolute Gasteiger partial charge is 0.335 e. The Morgan fingerprint density at radius 1 is 0.757 bits per heavy atom. The van der Waals surface area contributed by atoms with E-state index in [1.165, 1.54) is 0 Å². The second kappa shape index (κ2) is 14.6. The van der Waals surface area contributed by atoms with E-state index in [4.69, 9.17) is 37.4 Å². The van der Waals surface area contributed by atoms with E-state index in [2.05, 4.69) is 0 Å². The summed E-state index contributed by atoms with van der Waals surface area (Å²) in [5, 5.41) is 1.28. The predicted molar refractivity (Wildman–Crippen MR) is 145 cm³/mol. The van der Waals surface area contributed by atoms with Gasteiger partial charge in [-0.05, 0) is 66.9 Å². The maximum Gasteiger partial charge on any atom is 0.335 e. The number of nitrogens with zero attached hydrogens (tertiary/aromatic N) is 1. The molecular formula is C29H31Cl2NO5. The van der Waals surface area contributed by atoms with Crippen molar-refractivity contribution in [3.63, 3.8) is 0 Å². The summed E-state index contributed by atoms with van der Waals surface area (Å²) < 4.78 is 16.4. The Hall–Kier alpha value is -3.06. The summed E-state index contributed by atoms with van der Waals surface area (Å²) in [6.07, 6.45) is -0.269. The van der Waals surface area contributed by atoms with E-state index in [0.29, 0.717) is 48.5 Å². The lowest BCUT2D eigenvalue weighted by atomic mass is 10.1. The molecule has 0 radical (unpaired) electrons. The summed E-state index contributed by atoms with van der Waals surface area (Å²) in [5.74, 6) is 0.0172. The lowest BCUT2D eigenvalue weighted by Crippen LogP contribution is -2.34. The fourth-order valence-corrected chi connectivity index (χ4v) is 3.92. The van der Waals surface area contributed by atoms with Crippen molar-refractivity contribution in [2.24, 2.45) is 0 Å². The van der Waals surface area contributed by atoms with E-state index < -0.39 is 6.10 Å². The maximum atomic E-state index is 13.2. The van der Waals surface area contributed by atoms with Gasteiger partial charge in [0.25, 0.3) is 5.91 Å². The first-order valence-corrected chi connectivity index (χ1v) is 12.9. The molecule has 0 bridgehead atoms. The van der Waals surface area contributed by atoms with Crippen molar-refractivity contribution < 1.29 is 23.8 Å². The minimum Gasteiger partial charge on any atom is -0.484 e. The molecule has 3 aromatic carbocycles. The monoisotopic (exact) mass is 543 g/mol. The van der Waals surface area contributed by atoms with Crippen LogP contribution in [0.1, 0.15) is 30.5 Å². The first-order valence-electron chi connectivity index (χ1n) is 12.1. The summed E-state index contributed by atoms with van der Waals surface area (Å²) in [7, 11) is 0. The first kappa shape index (κ1) is 28.5. The average Bonchev–Trinajstić information content (AvgIpc) is 2.90. The normalized spacial score (nSPS) is 11.6. The highest BCUT2D eigenvalue weighted by molar-refractivity contribution is 6.30. The number of benzene rings is 3. The highest BCUT2D eigenvalue weighted by Crippen LogP contribution is 2.18. The summed E-state index contributed by atoms with van der Waals surface area (Å²) >= 11 is 12.0. The number of halogens is 2. The third-order valence-electron chi connectivity index (χ3n) is 5.55. The molecule has 0 fully saturated rings. The largest absolute Gasteiger partial charge is 0.484 e. The van der Waals surface area contributed by atoms with Crippen molar-refractivity contribution in [3.05, 3.63) is 99.5 Å². The van der Waals surface area contributed by atoms with E-state index in [1.54, 1.807) is 48.2 Å². The zero-order valence-corrected chi connectivity index (χ0v) is 22.5. The van der Waals surface area contributed by atoms with Crippen LogP contribution in [0.2, 0.25) is 10.0 Å². The van der Waals surface area contributed by atoms with E-state index in [9.17, 15) is 9.59 Å². The van der Waals surface area contributed by atoms with Crippen LogP contribution >= 0.6 is 23.2 Å². The molecule has 3 rings (SSSR count). The quantitative estimate of drug-likeness (QED) is 0.243. The van der Waals surface area contributed by atoms with Gasteiger partial charge in [0.2, 0.25) is 0 Å². The molecule has 0 spiro atoms. The molecule has 0 aliphatic rings. The van der Waals surface area contributed by atoms with Gasteiger partial charge in [-0.25, -0.2) is 4.79 Å². The number of amides is 1. The zero-order chi connectivity index (χ0) is 26.6. The fourth-order valence-electron chi connectivity index (χ4n) is 3.67. The van der Waals surface area contributed by atoms with Crippen LogP contribution in [-0.4, -0.2) is 42.7 Å². The van der Waals surface area contributed by atoms with E-state index in [-0.39, 0.29) is 18.5 Å². The minimum absolute atomic E-state index is 0.120. The number of carbonyl (C=O) groups is 2. The van der Waals surface area contributed by atoms with Crippen molar-refractivity contribution in [3.8, 4) is 5.75 Å². The molecule has 0 aromatic heterocycles. The van der Waals surface area contributed by atoms with Crippen molar-refractivity contribution in [2.45, 2.75) is 39.5 Å². The molecule has 0 saturated carbocycles. The maximum absolute atomic E-state index is 13.2.